The fraction of sp³-hybridized carbons (Fsp3) is 0.714. The van der Waals surface area contributed by atoms with Crippen LogP contribution in [0.1, 0.15) is 26.2 Å². The molecule has 2 bridgehead atoms. The molecule has 16 heavy (non-hydrogen) atoms. The van der Waals surface area contributed by atoms with Gasteiger partial charge in [0.1, 0.15) is 0 Å². The molecule has 2 aliphatic rings. The molecular weight excluding hydrogens is 198 g/mol. The summed E-state index contributed by atoms with van der Waals surface area (Å²) in [6, 6.07) is 0.642. The molecule has 0 radical (unpaired) electrons. The molecule has 90 valence electrons. The van der Waals surface area contributed by atoms with Crippen LogP contribution in [0.3, 0.4) is 0 Å². The van der Waals surface area contributed by atoms with E-state index >= 15 is 0 Å². The van der Waals surface area contributed by atoms with Gasteiger partial charge in [-0.1, -0.05) is 18.7 Å². The Labute approximate surface area is 98.8 Å². The van der Waals surface area contributed by atoms with Crippen LogP contribution in [0.4, 0.5) is 0 Å². The molecule has 0 aliphatic heterocycles. The highest BCUT2D eigenvalue weighted by Gasteiger charge is 2.38. The number of fused-ring (bicyclic) bond motifs is 2. The molecule has 1 N–H and O–H groups in total. The first-order chi connectivity index (χ1) is 7.81. The first-order valence-corrected chi connectivity index (χ1v) is 6.45. The minimum absolute atomic E-state index is 0.642. The molecule has 0 spiro atoms. The van der Waals surface area contributed by atoms with E-state index in [1.165, 1.54) is 19.1 Å². The van der Waals surface area contributed by atoms with Crippen LogP contribution in [0.5, 0.6) is 0 Å². The maximum absolute atomic E-state index is 5.10. The van der Waals surface area contributed by atoms with Gasteiger partial charge < -0.3 is 10.1 Å². The summed E-state index contributed by atoms with van der Waals surface area (Å²) in [4.78, 5) is 0. The Morgan fingerprint density at radius 2 is 2.38 bits per heavy atom. The molecule has 2 nitrogen and oxygen atoms in total. The molecular formula is C14H23NO. The van der Waals surface area contributed by atoms with Gasteiger partial charge in [-0.3, -0.25) is 0 Å². The van der Waals surface area contributed by atoms with Crippen LogP contribution in [0.25, 0.3) is 0 Å². The van der Waals surface area contributed by atoms with Crippen molar-refractivity contribution in [2.24, 2.45) is 17.8 Å². The van der Waals surface area contributed by atoms with Crippen molar-refractivity contribution < 1.29 is 4.74 Å². The highest BCUT2D eigenvalue weighted by molar-refractivity contribution is 5.11. The monoisotopic (exact) mass is 221 g/mol. The molecule has 2 heteroatoms. The molecule has 0 aromatic carbocycles. The van der Waals surface area contributed by atoms with E-state index in [1.807, 2.05) is 0 Å². The Balaban J connectivity index is 1.63. The van der Waals surface area contributed by atoms with Crippen LogP contribution in [0, 0.1) is 17.8 Å². The zero-order chi connectivity index (χ0) is 11.4. The summed E-state index contributed by atoms with van der Waals surface area (Å²) >= 11 is 0. The second-order valence-electron chi connectivity index (χ2n) is 5.08. The zero-order valence-corrected chi connectivity index (χ0v) is 10.2. The van der Waals surface area contributed by atoms with Gasteiger partial charge in [0.25, 0.3) is 0 Å². The number of ether oxygens (including phenoxy) is 1. The van der Waals surface area contributed by atoms with Gasteiger partial charge in [0.05, 0.1) is 12.9 Å². The molecule has 1 fully saturated rings. The molecule has 2 rings (SSSR count). The third-order valence-corrected chi connectivity index (χ3v) is 4.00. The molecule has 0 aromatic heterocycles. The lowest BCUT2D eigenvalue weighted by Gasteiger charge is -2.26. The molecule has 0 saturated heterocycles. The molecule has 4 atom stereocenters. The Hall–Kier alpha value is -0.760. The summed E-state index contributed by atoms with van der Waals surface area (Å²) < 4.78 is 5.10. The lowest BCUT2D eigenvalue weighted by atomic mass is 9.87. The van der Waals surface area contributed by atoms with Crippen molar-refractivity contribution in [2.75, 3.05) is 13.2 Å². The van der Waals surface area contributed by atoms with E-state index in [0.717, 1.165) is 37.3 Å². The van der Waals surface area contributed by atoms with Crippen molar-refractivity contribution >= 4 is 0 Å². The Morgan fingerprint density at radius 1 is 1.50 bits per heavy atom. The van der Waals surface area contributed by atoms with Crippen molar-refractivity contribution in [1.82, 2.24) is 5.32 Å². The minimum Gasteiger partial charge on any atom is -0.502 e. The average molecular weight is 221 g/mol. The van der Waals surface area contributed by atoms with E-state index in [2.05, 4.69) is 31.0 Å². The third kappa shape index (κ3) is 2.67. The summed E-state index contributed by atoms with van der Waals surface area (Å²) in [5, 5.41) is 3.62. The van der Waals surface area contributed by atoms with Crippen LogP contribution in [-0.2, 0) is 4.74 Å². The van der Waals surface area contributed by atoms with Crippen molar-refractivity contribution in [3.05, 3.63) is 25.0 Å². The highest BCUT2D eigenvalue weighted by atomic mass is 16.5. The average Bonchev–Trinajstić information content (AvgIpc) is 2.90. The molecule has 0 aromatic rings. The number of rotatable bonds is 7. The Kier molecular flexibility index (Phi) is 4.05. The lowest BCUT2D eigenvalue weighted by molar-refractivity contribution is 0.238. The predicted octanol–water partition coefficient (Wildman–Crippen LogP) is 2.73. The zero-order valence-electron chi connectivity index (χ0n) is 10.2. The second-order valence-corrected chi connectivity index (χ2v) is 5.08. The minimum atomic E-state index is 0.642. The van der Waals surface area contributed by atoms with Crippen molar-refractivity contribution in [3.8, 4) is 0 Å². The number of nitrogens with one attached hydrogen (secondary N) is 1. The van der Waals surface area contributed by atoms with Crippen LogP contribution in [0.15, 0.2) is 25.0 Å². The first kappa shape index (κ1) is 11.7. The summed E-state index contributed by atoms with van der Waals surface area (Å²) in [6.45, 7) is 7.68. The van der Waals surface area contributed by atoms with Gasteiger partial charge in [0.2, 0.25) is 0 Å². The van der Waals surface area contributed by atoms with Gasteiger partial charge in [-0.2, -0.15) is 0 Å². The number of allylic oxidation sites excluding steroid dienone is 2. The van der Waals surface area contributed by atoms with Crippen molar-refractivity contribution in [2.45, 2.75) is 32.2 Å². The number of hydrogen-bond donors (Lipinski definition) is 1. The lowest BCUT2D eigenvalue weighted by Crippen LogP contribution is -2.36. The fourth-order valence-electron chi connectivity index (χ4n) is 3.12. The topological polar surface area (TPSA) is 21.3 Å². The molecule has 2 aliphatic carbocycles. The van der Waals surface area contributed by atoms with Gasteiger partial charge in [-0.05, 0) is 50.5 Å². The molecule has 4 unspecified atom stereocenters. The SMILES string of the molecule is C=COCCCNC(C)C1CC2C=CC1C2. The standard InChI is InChI=1S/C14H23NO/c1-3-16-8-4-7-15-11(2)14-10-12-5-6-13(14)9-12/h3,5-6,11-15H,1,4,7-10H2,2H3. The maximum atomic E-state index is 5.10. The Bertz CT molecular complexity index is 261. The molecule has 0 heterocycles. The van der Waals surface area contributed by atoms with E-state index in [0.29, 0.717) is 6.04 Å². The second kappa shape index (κ2) is 5.53. The van der Waals surface area contributed by atoms with E-state index in [4.69, 9.17) is 4.74 Å². The van der Waals surface area contributed by atoms with Crippen molar-refractivity contribution in [3.63, 3.8) is 0 Å². The summed E-state index contributed by atoms with van der Waals surface area (Å²) in [5.74, 6) is 2.58. The van der Waals surface area contributed by atoms with Crippen LogP contribution in [0.2, 0.25) is 0 Å². The third-order valence-electron chi connectivity index (χ3n) is 4.00. The molecule has 0 amide bonds. The normalized spacial score (nSPS) is 32.9. The van der Waals surface area contributed by atoms with Gasteiger partial charge in [-0.15, -0.1) is 0 Å². The predicted molar refractivity (Wildman–Crippen MR) is 67.1 cm³/mol. The van der Waals surface area contributed by atoms with Gasteiger partial charge in [-0.25, -0.2) is 0 Å². The summed E-state index contributed by atoms with van der Waals surface area (Å²) in [6.07, 6.45) is 10.2. The fourth-order valence-corrected chi connectivity index (χ4v) is 3.12. The molecule has 1 saturated carbocycles. The summed E-state index contributed by atoms with van der Waals surface area (Å²) in [5.41, 5.74) is 0. The maximum Gasteiger partial charge on any atom is 0.0885 e. The Morgan fingerprint density at radius 3 is 3.00 bits per heavy atom. The largest absolute Gasteiger partial charge is 0.502 e. The van der Waals surface area contributed by atoms with Crippen LogP contribution < -0.4 is 5.32 Å². The van der Waals surface area contributed by atoms with Crippen molar-refractivity contribution in [1.29, 1.82) is 0 Å². The van der Waals surface area contributed by atoms with E-state index < -0.39 is 0 Å². The van der Waals surface area contributed by atoms with E-state index in [1.54, 1.807) is 0 Å². The van der Waals surface area contributed by atoms with E-state index in [9.17, 15) is 0 Å². The summed E-state index contributed by atoms with van der Waals surface area (Å²) in [7, 11) is 0. The van der Waals surface area contributed by atoms with E-state index in [-0.39, 0.29) is 0 Å². The highest BCUT2D eigenvalue weighted by Crippen LogP contribution is 2.44. The van der Waals surface area contributed by atoms with Gasteiger partial charge >= 0.3 is 0 Å². The van der Waals surface area contributed by atoms with Crippen LogP contribution >= 0.6 is 0 Å². The van der Waals surface area contributed by atoms with Crippen LogP contribution in [-0.4, -0.2) is 19.2 Å². The van der Waals surface area contributed by atoms with Gasteiger partial charge in [0.15, 0.2) is 0 Å². The quantitative estimate of drug-likeness (QED) is 0.405. The first-order valence-electron chi connectivity index (χ1n) is 6.45. The van der Waals surface area contributed by atoms with Gasteiger partial charge in [0, 0.05) is 6.04 Å². The smallest absolute Gasteiger partial charge is 0.0885 e. The number of hydrogen-bond acceptors (Lipinski definition) is 2.